The second-order valence-corrected chi connectivity index (χ2v) is 7.79. The van der Waals surface area contributed by atoms with Gasteiger partial charge >= 0.3 is 0 Å². The van der Waals surface area contributed by atoms with Crippen molar-refractivity contribution in [3.05, 3.63) is 34.9 Å². The SMILES string of the molecule is CNCC(C)C(=O)NCC(c1ccc(Cl)cc1)N1CCOC(C)(C)C1. The van der Waals surface area contributed by atoms with Gasteiger partial charge in [-0.25, -0.2) is 0 Å². The Kier molecular flexibility index (Phi) is 7.25. The number of amides is 1. The lowest BCUT2D eigenvalue weighted by molar-refractivity contribution is -0.125. The Morgan fingerprint density at radius 3 is 2.60 bits per heavy atom. The smallest absolute Gasteiger partial charge is 0.224 e. The van der Waals surface area contributed by atoms with Gasteiger partial charge in [0.05, 0.1) is 18.2 Å². The molecule has 1 aromatic carbocycles. The van der Waals surface area contributed by atoms with Gasteiger partial charge in [0.25, 0.3) is 0 Å². The minimum atomic E-state index is -0.188. The maximum absolute atomic E-state index is 12.3. The largest absolute Gasteiger partial charge is 0.373 e. The van der Waals surface area contributed by atoms with Gasteiger partial charge in [-0.3, -0.25) is 9.69 Å². The summed E-state index contributed by atoms with van der Waals surface area (Å²) in [5, 5.41) is 6.88. The number of carbonyl (C=O) groups excluding carboxylic acids is 1. The van der Waals surface area contributed by atoms with Gasteiger partial charge in [0.1, 0.15) is 0 Å². The molecule has 0 saturated carbocycles. The zero-order valence-corrected chi connectivity index (χ0v) is 16.4. The highest BCUT2D eigenvalue weighted by Crippen LogP contribution is 2.27. The van der Waals surface area contributed by atoms with E-state index in [4.69, 9.17) is 16.3 Å². The van der Waals surface area contributed by atoms with Gasteiger partial charge in [-0.05, 0) is 38.6 Å². The van der Waals surface area contributed by atoms with Crippen LogP contribution in [0.25, 0.3) is 0 Å². The summed E-state index contributed by atoms with van der Waals surface area (Å²) in [7, 11) is 1.86. The molecule has 140 valence electrons. The van der Waals surface area contributed by atoms with Gasteiger partial charge in [0.2, 0.25) is 5.91 Å². The lowest BCUT2D eigenvalue weighted by atomic mass is 10.00. The van der Waals surface area contributed by atoms with E-state index in [0.717, 1.165) is 23.7 Å². The highest BCUT2D eigenvalue weighted by atomic mass is 35.5. The van der Waals surface area contributed by atoms with E-state index in [1.165, 1.54) is 0 Å². The molecule has 0 aliphatic carbocycles. The first-order valence-corrected chi connectivity index (χ1v) is 9.26. The minimum absolute atomic E-state index is 0.0583. The van der Waals surface area contributed by atoms with E-state index in [1.54, 1.807) is 0 Å². The van der Waals surface area contributed by atoms with Gasteiger partial charge in [-0.15, -0.1) is 0 Å². The molecule has 1 amide bonds. The van der Waals surface area contributed by atoms with Crippen LogP contribution < -0.4 is 10.6 Å². The highest BCUT2D eigenvalue weighted by molar-refractivity contribution is 6.30. The number of ether oxygens (including phenoxy) is 1. The summed E-state index contributed by atoms with van der Waals surface area (Å²) >= 11 is 6.04. The van der Waals surface area contributed by atoms with Crippen LogP contribution in [-0.2, 0) is 9.53 Å². The molecule has 2 atom stereocenters. The van der Waals surface area contributed by atoms with Crippen LogP contribution in [0.5, 0.6) is 0 Å². The Hall–Kier alpha value is -1.14. The van der Waals surface area contributed by atoms with Crippen molar-refractivity contribution in [3.8, 4) is 0 Å². The van der Waals surface area contributed by atoms with Gasteiger partial charge < -0.3 is 15.4 Å². The molecule has 0 aromatic heterocycles. The van der Waals surface area contributed by atoms with Crippen LogP contribution >= 0.6 is 11.6 Å². The monoisotopic (exact) mass is 367 g/mol. The van der Waals surface area contributed by atoms with Crippen LogP contribution in [0.1, 0.15) is 32.4 Å². The number of morpholine rings is 1. The average molecular weight is 368 g/mol. The van der Waals surface area contributed by atoms with E-state index in [0.29, 0.717) is 19.7 Å². The molecule has 1 aromatic rings. The molecular formula is C19H30ClN3O2. The zero-order chi connectivity index (χ0) is 18.4. The van der Waals surface area contributed by atoms with E-state index in [2.05, 4.69) is 29.4 Å². The molecule has 1 saturated heterocycles. The van der Waals surface area contributed by atoms with Crippen molar-refractivity contribution in [1.82, 2.24) is 15.5 Å². The number of halogens is 1. The summed E-state index contributed by atoms with van der Waals surface area (Å²) in [6.07, 6.45) is 0. The Labute approximate surface area is 156 Å². The van der Waals surface area contributed by atoms with Crippen molar-refractivity contribution in [1.29, 1.82) is 0 Å². The number of carbonyl (C=O) groups is 1. The van der Waals surface area contributed by atoms with E-state index in [9.17, 15) is 4.79 Å². The van der Waals surface area contributed by atoms with Crippen molar-refractivity contribution >= 4 is 17.5 Å². The van der Waals surface area contributed by atoms with Crippen LogP contribution in [-0.4, -0.2) is 56.2 Å². The van der Waals surface area contributed by atoms with Crippen LogP contribution in [0.2, 0.25) is 5.02 Å². The summed E-state index contributed by atoms with van der Waals surface area (Å²) in [6.45, 7) is 9.74. The second kappa shape index (κ2) is 8.99. The Morgan fingerprint density at radius 1 is 1.32 bits per heavy atom. The van der Waals surface area contributed by atoms with E-state index in [-0.39, 0.29) is 23.5 Å². The molecule has 0 spiro atoms. The fourth-order valence-corrected chi connectivity index (χ4v) is 3.36. The van der Waals surface area contributed by atoms with Crippen molar-refractivity contribution in [3.63, 3.8) is 0 Å². The maximum Gasteiger partial charge on any atom is 0.224 e. The second-order valence-electron chi connectivity index (χ2n) is 7.35. The summed E-state index contributed by atoms with van der Waals surface area (Å²) in [6, 6.07) is 7.99. The molecule has 6 heteroatoms. The first-order chi connectivity index (χ1) is 11.8. The Balaban J connectivity index is 2.12. The number of rotatable bonds is 7. The van der Waals surface area contributed by atoms with Gasteiger partial charge in [-0.1, -0.05) is 30.7 Å². The highest BCUT2D eigenvalue weighted by Gasteiger charge is 2.32. The zero-order valence-electron chi connectivity index (χ0n) is 15.6. The van der Waals surface area contributed by atoms with Crippen LogP contribution in [0, 0.1) is 5.92 Å². The minimum Gasteiger partial charge on any atom is -0.373 e. The van der Waals surface area contributed by atoms with Gasteiger partial charge in [-0.2, -0.15) is 0 Å². The number of hydrogen-bond acceptors (Lipinski definition) is 4. The van der Waals surface area contributed by atoms with Crippen LogP contribution in [0.15, 0.2) is 24.3 Å². The number of nitrogens with zero attached hydrogens (tertiary/aromatic N) is 1. The fraction of sp³-hybridized carbons (Fsp3) is 0.632. The molecule has 25 heavy (non-hydrogen) atoms. The van der Waals surface area contributed by atoms with Gasteiger partial charge in [0, 0.05) is 37.1 Å². The van der Waals surface area contributed by atoms with Crippen molar-refractivity contribution in [2.24, 2.45) is 5.92 Å². The quantitative estimate of drug-likeness (QED) is 0.777. The molecule has 1 aliphatic rings. The predicted molar refractivity (Wildman–Crippen MR) is 102 cm³/mol. The molecule has 2 rings (SSSR count). The lowest BCUT2D eigenvalue weighted by Gasteiger charge is -2.42. The summed E-state index contributed by atoms with van der Waals surface area (Å²) in [5.41, 5.74) is 0.968. The average Bonchev–Trinajstić information content (AvgIpc) is 2.55. The molecule has 1 heterocycles. The summed E-state index contributed by atoms with van der Waals surface area (Å²) in [4.78, 5) is 14.7. The lowest BCUT2D eigenvalue weighted by Crippen LogP contribution is -2.51. The van der Waals surface area contributed by atoms with Crippen LogP contribution in [0.4, 0.5) is 0 Å². The maximum atomic E-state index is 12.3. The summed E-state index contributed by atoms with van der Waals surface area (Å²) in [5.74, 6) is 0.0119. The van der Waals surface area contributed by atoms with Crippen molar-refractivity contribution in [2.45, 2.75) is 32.4 Å². The number of hydrogen-bond donors (Lipinski definition) is 2. The van der Waals surface area contributed by atoms with E-state index in [1.807, 2.05) is 38.2 Å². The molecule has 2 N–H and O–H groups in total. The topological polar surface area (TPSA) is 53.6 Å². The third-order valence-electron chi connectivity index (χ3n) is 4.58. The number of benzene rings is 1. The normalized spacial score (nSPS) is 20.0. The molecule has 0 radical (unpaired) electrons. The fourth-order valence-electron chi connectivity index (χ4n) is 3.23. The first kappa shape index (κ1) is 20.2. The third-order valence-corrected chi connectivity index (χ3v) is 4.83. The third kappa shape index (κ3) is 5.96. The first-order valence-electron chi connectivity index (χ1n) is 8.88. The van der Waals surface area contributed by atoms with E-state index >= 15 is 0 Å². The Morgan fingerprint density at radius 2 is 2.00 bits per heavy atom. The van der Waals surface area contributed by atoms with Crippen molar-refractivity contribution < 1.29 is 9.53 Å². The molecule has 5 nitrogen and oxygen atoms in total. The van der Waals surface area contributed by atoms with E-state index < -0.39 is 0 Å². The van der Waals surface area contributed by atoms with Gasteiger partial charge in [0.15, 0.2) is 0 Å². The molecule has 1 aliphatic heterocycles. The predicted octanol–water partition coefficient (Wildman–Crippen LogP) is 2.46. The summed E-state index contributed by atoms with van der Waals surface area (Å²) < 4.78 is 5.84. The standard InChI is InChI=1S/C19H30ClN3O2/c1-14(11-21-4)18(24)22-12-17(15-5-7-16(20)8-6-15)23-9-10-25-19(2,3)13-23/h5-8,14,17,21H,9-13H2,1-4H3,(H,22,24). The molecule has 2 unspecified atom stereocenters. The molecular weight excluding hydrogens is 338 g/mol. The van der Waals surface area contributed by atoms with Crippen LogP contribution in [0.3, 0.4) is 0 Å². The van der Waals surface area contributed by atoms with Crippen molar-refractivity contribution in [2.75, 3.05) is 39.8 Å². The molecule has 0 bridgehead atoms. The number of nitrogens with one attached hydrogen (secondary N) is 2. The Bertz CT molecular complexity index is 562. The molecule has 1 fully saturated rings.